The third-order valence-electron chi connectivity index (χ3n) is 5.31. The van der Waals surface area contributed by atoms with E-state index in [9.17, 15) is 0 Å². The molecular weight excluding hydrogens is 294 g/mol. The minimum atomic E-state index is 0.314. The first-order valence-corrected chi connectivity index (χ1v) is 9.55. The van der Waals surface area contributed by atoms with Crippen LogP contribution >= 0.6 is 0 Å². The Morgan fingerprint density at radius 2 is 1.88 bits per heavy atom. The Hall–Kier alpha value is -1.75. The van der Waals surface area contributed by atoms with Crippen LogP contribution < -0.4 is 0 Å². The van der Waals surface area contributed by atoms with Crippen molar-refractivity contribution in [2.75, 3.05) is 0 Å². The number of ether oxygens (including phenoxy) is 1. The quantitative estimate of drug-likeness (QED) is 0.413. The second-order valence-corrected chi connectivity index (χ2v) is 7.05. The zero-order chi connectivity index (χ0) is 17.2. The Labute approximate surface area is 147 Å². The molecule has 1 aromatic carbocycles. The summed E-state index contributed by atoms with van der Waals surface area (Å²) in [6.45, 7) is 4.44. The van der Waals surface area contributed by atoms with Gasteiger partial charge in [-0.15, -0.1) is 0 Å². The van der Waals surface area contributed by atoms with Crippen LogP contribution in [0.5, 0.6) is 0 Å². The summed E-state index contributed by atoms with van der Waals surface area (Å²) in [4.78, 5) is 0. The highest BCUT2D eigenvalue weighted by molar-refractivity contribution is 5.33. The topological polar surface area (TPSA) is 33.0 Å². The van der Waals surface area contributed by atoms with Gasteiger partial charge in [0.1, 0.15) is 0 Å². The molecule has 0 N–H and O–H groups in total. The van der Waals surface area contributed by atoms with E-state index in [4.69, 9.17) is 10.00 Å². The normalized spacial score (nSPS) is 22.2. The Morgan fingerprint density at radius 3 is 2.50 bits per heavy atom. The van der Waals surface area contributed by atoms with E-state index in [1.165, 1.54) is 50.5 Å². The van der Waals surface area contributed by atoms with E-state index in [2.05, 4.69) is 38.1 Å². The Bertz CT molecular complexity index is 532. The molecule has 0 saturated heterocycles. The van der Waals surface area contributed by atoms with Gasteiger partial charge in [-0.25, -0.2) is 0 Å². The lowest BCUT2D eigenvalue weighted by atomic mass is 9.77. The number of nitrogens with zero attached hydrogens (tertiary/aromatic N) is 1. The molecule has 0 heterocycles. The van der Waals surface area contributed by atoms with Crippen LogP contribution in [0.2, 0.25) is 0 Å². The fraction of sp³-hybridized carbons (Fsp3) is 0.591. The van der Waals surface area contributed by atoms with Crippen LogP contribution in [0.4, 0.5) is 0 Å². The van der Waals surface area contributed by atoms with Crippen molar-refractivity contribution >= 4 is 0 Å². The van der Waals surface area contributed by atoms with Crippen molar-refractivity contribution in [1.82, 2.24) is 0 Å². The summed E-state index contributed by atoms with van der Waals surface area (Å²) in [5.74, 6) is 1.31. The van der Waals surface area contributed by atoms with Gasteiger partial charge < -0.3 is 4.74 Å². The third kappa shape index (κ3) is 5.71. The van der Waals surface area contributed by atoms with E-state index in [1.54, 1.807) is 0 Å². The highest BCUT2D eigenvalue weighted by Gasteiger charge is 2.26. The van der Waals surface area contributed by atoms with Gasteiger partial charge in [0, 0.05) is 0 Å². The molecule has 0 radical (unpaired) electrons. The van der Waals surface area contributed by atoms with Crippen molar-refractivity contribution in [2.24, 2.45) is 5.92 Å². The van der Waals surface area contributed by atoms with Gasteiger partial charge in [0.15, 0.2) is 0 Å². The molecule has 2 rings (SSSR count). The van der Waals surface area contributed by atoms with Crippen molar-refractivity contribution in [3.05, 3.63) is 47.7 Å². The lowest BCUT2D eigenvalue weighted by Gasteiger charge is -2.32. The van der Waals surface area contributed by atoms with Crippen LogP contribution in [0.3, 0.4) is 0 Å². The van der Waals surface area contributed by atoms with Crippen molar-refractivity contribution in [3.8, 4) is 6.07 Å². The van der Waals surface area contributed by atoms with Gasteiger partial charge in [-0.1, -0.05) is 31.9 Å². The molecule has 1 fully saturated rings. The summed E-state index contributed by atoms with van der Waals surface area (Å²) in [5.41, 5.74) is 2.14. The molecule has 1 unspecified atom stereocenters. The molecule has 130 valence electrons. The summed E-state index contributed by atoms with van der Waals surface area (Å²) in [5, 5.41) is 8.90. The Balaban J connectivity index is 1.72. The lowest BCUT2D eigenvalue weighted by Crippen LogP contribution is -2.24. The second kappa shape index (κ2) is 10.2. The van der Waals surface area contributed by atoms with Gasteiger partial charge in [0.2, 0.25) is 0 Å². The van der Waals surface area contributed by atoms with E-state index in [-0.39, 0.29) is 0 Å². The smallest absolute Gasteiger partial charge is 0.0991 e. The third-order valence-corrected chi connectivity index (χ3v) is 5.31. The predicted molar refractivity (Wildman–Crippen MR) is 99.7 cm³/mol. The van der Waals surface area contributed by atoms with Crippen molar-refractivity contribution in [1.29, 1.82) is 5.26 Å². The summed E-state index contributed by atoms with van der Waals surface area (Å²) >= 11 is 0. The molecule has 0 spiro atoms. The summed E-state index contributed by atoms with van der Waals surface area (Å²) in [6.07, 6.45) is 14.3. The maximum absolute atomic E-state index is 8.90. The lowest BCUT2D eigenvalue weighted by molar-refractivity contribution is 0.0775. The average Bonchev–Trinajstić information content (AvgIpc) is 2.64. The van der Waals surface area contributed by atoms with Crippen molar-refractivity contribution < 1.29 is 4.74 Å². The van der Waals surface area contributed by atoms with Crippen LogP contribution in [-0.4, -0.2) is 6.10 Å². The van der Waals surface area contributed by atoms with Gasteiger partial charge >= 0.3 is 0 Å². The first-order chi connectivity index (χ1) is 11.7. The van der Waals surface area contributed by atoms with Crippen LogP contribution in [0.25, 0.3) is 0 Å². The number of rotatable bonds is 8. The predicted octanol–water partition coefficient (Wildman–Crippen LogP) is 6.33. The Morgan fingerprint density at radius 1 is 1.17 bits per heavy atom. The molecule has 1 atom stereocenters. The molecular formula is C22H31NO. The molecule has 0 bridgehead atoms. The maximum atomic E-state index is 8.90. The fourth-order valence-electron chi connectivity index (χ4n) is 3.62. The van der Waals surface area contributed by atoms with Crippen LogP contribution in [-0.2, 0) is 4.74 Å². The average molecular weight is 325 g/mol. The van der Waals surface area contributed by atoms with E-state index in [0.717, 1.165) is 12.0 Å². The number of nitriles is 1. The molecule has 2 heteroatoms. The number of hydrogen-bond donors (Lipinski definition) is 0. The number of hydrogen-bond acceptors (Lipinski definition) is 2. The molecule has 2 nitrogen and oxygen atoms in total. The number of benzene rings is 1. The molecule has 0 aromatic heterocycles. The van der Waals surface area contributed by atoms with E-state index in [0.29, 0.717) is 17.9 Å². The van der Waals surface area contributed by atoms with E-state index >= 15 is 0 Å². The van der Waals surface area contributed by atoms with Gasteiger partial charge in [-0.3, -0.25) is 0 Å². The minimum Gasteiger partial charge on any atom is -0.498 e. The molecule has 1 saturated carbocycles. The largest absolute Gasteiger partial charge is 0.498 e. The van der Waals surface area contributed by atoms with Crippen molar-refractivity contribution in [3.63, 3.8) is 0 Å². The number of allylic oxidation sites excluding steroid dienone is 1. The minimum absolute atomic E-state index is 0.314. The number of unbranched alkanes of at least 4 members (excludes halogenated alkanes) is 3. The second-order valence-electron chi connectivity index (χ2n) is 7.05. The summed E-state index contributed by atoms with van der Waals surface area (Å²) in [6, 6.07) is 10.3. The highest BCUT2D eigenvalue weighted by Crippen LogP contribution is 2.37. The van der Waals surface area contributed by atoms with Gasteiger partial charge in [0.05, 0.1) is 24.0 Å². The summed E-state index contributed by atoms with van der Waals surface area (Å²) in [7, 11) is 0. The van der Waals surface area contributed by atoms with Crippen LogP contribution in [0.15, 0.2) is 36.6 Å². The van der Waals surface area contributed by atoms with E-state index < -0.39 is 0 Å². The van der Waals surface area contributed by atoms with Crippen molar-refractivity contribution in [2.45, 2.75) is 77.2 Å². The fourth-order valence-corrected chi connectivity index (χ4v) is 3.62. The molecule has 0 amide bonds. The SMILES string of the molecule is CCCCC/C=C/OC(C)C1CCC(c2ccc(C#N)cc2)CC1. The van der Waals surface area contributed by atoms with E-state index in [1.807, 2.05) is 18.4 Å². The zero-order valence-corrected chi connectivity index (χ0v) is 15.2. The van der Waals surface area contributed by atoms with Crippen LogP contribution in [0.1, 0.15) is 82.3 Å². The molecule has 1 aromatic rings. The summed E-state index contributed by atoms with van der Waals surface area (Å²) < 4.78 is 5.92. The molecule has 1 aliphatic rings. The molecule has 0 aliphatic heterocycles. The van der Waals surface area contributed by atoms with Gasteiger partial charge in [-0.2, -0.15) is 5.26 Å². The highest BCUT2D eigenvalue weighted by atomic mass is 16.5. The first-order valence-electron chi connectivity index (χ1n) is 9.55. The van der Waals surface area contributed by atoms with Gasteiger partial charge in [0.25, 0.3) is 0 Å². The Kier molecular flexibility index (Phi) is 7.89. The molecule has 1 aliphatic carbocycles. The maximum Gasteiger partial charge on any atom is 0.0991 e. The monoisotopic (exact) mass is 325 g/mol. The van der Waals surface area contributed by atoms with Gasteiger partial charge in [-0.05, 0) is 81.1 Å². The van der Waals surface area contributed by atoms with Crippen LogP contribution in [0, 0.1) is 17.2 Å². The first kappa shape index (κ1) is 18.6. The molecule has 24 heavy (non-hydrogen) atoms. The zero-order valence-electron chi connectivity index (χ0n) is 15.2. The standard InChI is InChI=1S/C22H31NO/c1-3-4-5-6-7-16-24-18(2)20-12-14-22(15-13-20)21-10-8-19(17-23)9-11-21/h7-11,16,18,20,22H,3-6,12-15H2,1-2H3/b16-7+.